The van der Waals surface area contributed by atoms with Gasteiger partial charge in [-0.1, -0.05) is 30.3 Å². The highest BCUT2D eigenvalue weighted by atomic mass is 16.3. The van der Waals surface area contributed by atoms with Gasteiger partial charge in [-0.15, -0.1) is 0 Å². The van der Waals surface area contributed by atoms with Crippen LogP contribution in [0.1, 0.15) is 16.1 Å². The number of rotatable bonds is 3. The normalized spacial score (nSPS) is 11.4. The maximum atomic E-state index is 12.3. The topological polar surface area (TPSA) is 90.4 Å². The summed E-state index contributed by atoms with van der Waals surface area (Å²) < 4.78 is 0. The van der Waals surface area contributed by atoms with E-state index in [4.69, 9.17) is 0 Å². The monoisotopic (exact) mass is 330 g/mol. The number of pyridine rings is 1. The molecule has 6 nitrogen and oxygen atoms in total. The highest BCUT2D eigenvalue weighted by molar-refractivity contribution is 6.09. The zero-order valence-electron chi connectivity index (χ0n) is 13.1. The second-order valence-corrected chi connectivity index (χ2v) is 5.54. The fraction of sp³-hybridized carbons (Fsp3) is 0. The number of carbonyl (C=O) groups excluding carboxylic acids is 1. The first kappa shape index (κ1) is 14.9. The summed E-state index contributed by atoms with van der Waals surface area (Å²) in [6.45, 7) is 0. The summed E-state index contributed by atoms with van der Waals surface area (Å²) in [5.41, 5.74) is 5.08. The van der Waals surface area contributed by atoms with Gasteiger partial charge in [0, 0.05) is 21.9 Å². The van der Waals surface area contributed by atoms with Crippen molar-refractivity contribution in [1.29, 1.82) is 0 Å². The molecule has 0 atom stereocenters. The predicted molar refractivity (Wildman–Crippen MR) is 96.8 cm³/mol. The van der Waals surface area contributed by atoms with Gasteiger partial charge in [-0.3, -0.25) is 4.79 Å². The minimum absolute atomic E-state index is 0.0961. The molecule has 2 aromatic carbocycles. The van der Waals surface area contributed by atoms with Crippen LogP contribution in [0.2, 0.25) is 0 Å². The molecule has 0 bridgehead atoms. The van der Waals surface area contributed by atoms with Crippen LogP contribution in [-0.4, -0.2) is 27.2 Å². The Labute approximate surface area is 142 Å². The second-order valence-electron chi connectivity index (χ2n) is 5.54. The summed E-state index contributed by atoms with van der Waals surface area (Å²) >= 11 is 0. The van der Waals surface area contributed by atoms with E-state index in [2.05, 4.69) is 20.5 Å². The van der Waals surface area contributed by atoms with Gasteiger partial charge in [-0.25, -0.2) is 10.4 Å². The number of amides is 1. The molecule has 2 aromatic heterocycles. The maximum Gasteiger partial charge on any atom is 0.289 e. The van der Waals surface area contributed by atoms with Crippen molar-refractivity contribution < 1.29 is 9.90 Å². The van der Waals surface area contributed by atoms with E-state index in [1.54, 1.807) is 36.5 Å². The van der Waals surface area contributed by atoms with Gasteiger partial charge in [-0.2, -0.15) is 5.10 Å². The van der Waals surface area contributed by atoms with Crippen LogP contribution in [0.25, 0.3) is 21.8 Å². The van der Waals surface area contributed by atoms with E-state index in [0.29, 0.717) is 5.56 Å². The van der Waals surface area contributed by atoms with Gasteiger partial charge >= 0.3 is 0 Å². The Kier molecular flexibility index (Phi) is 3.63. The lowest BCUT2D eigenvalue weighted by Crippen LogP contribution is -2.18. The number of para-hydroxylation sites is 2. The van der Waals surface area contributed by atoms with Crippen molar-refractivity contribution in [2.45, 2.75) is 0 Å². The molecule has 0 fully saturated rings. The summed E-state index contributed by atoms with van der Waals surface area (Å²) in [6.07, 6.45) is 3.02. The molecular formula is C19H14N4O2. The lowest BCUT2D eigenvalue weighted by Gasteiger charge is -2.00. The Hall–Kier alpha value is -3.67. The molecule has 1 amide bonds. The summed E-state index contributed by atoms with van der Waals surface area (Å²) in [7, 11) is 0. The van der Waals surface area contributed by atoms with Gasteiger partial charge in [0.1, 0.15) is 11.4 Å². The van der Waals surface area contributed by atoms with Crippen LogP contribution in [-0.2, 0) is 0 Å². The van der Waals surface area contributed by atoms with Gasteiger partial charge in [0.25, 0.3) is 5.91 Å². The minimum atomic E-state index is -0.418. The average Bonchev–Trinajstić information content (AvgIpc) is 3.01. The number of aromatic hydroxyl groups is 1. The van der Waals surface area contributed by atoms with Crippen LogP contribution in [0.4, 0.5) is 0 Å². The van der Waals surface area contributed by atoms with Gasteiger partial charge in [0.05, 0.1) is 17.9 Å². The van der Waals surface area contributed by atoms with Crippen LogP contribution < -0.4 is 5.43 Å². The van der Waals surface area contributed by atoms with Crippen LogP contribution in [0.3, 0.4) is 0 Å². The molecule has 0 spiro atoms. The molecule has 0 saturated heterocycles. The Balaban J connectivity index is 1.59. The van der Waals surface area contributed by atoms with Crippen molar-refractivity contribution in [3.63, 3.8) is 0 Å². The highest BCUT2D eigenvalue weighted by Crippen LogP contribution is 2.24. The summed E-state index contributed by atoms with van der Waals surface area (Å²) in [6, 6.07) is 16.3. The number of aromatic nitrogens is 2. The Morgan fingerprint density at radius 3 is 2.76 bits per heavy atom. The van der Waals surface area contributed by atoms with E-state index < -0.39 is 5.91 Å². The molecule has 25 heavy (non-hydrogen) atoms. The zero-order chi connectivity index (χ0) is 17.2. The number of nitrogens with zero attached hydrogens (tertiary/aromatic N) is 2. The molecule has 2 heterocycles. The number of phenolic OH excluding ortho intramolecular Hbond substituents is 1. The van der Waals surface area contributed by atoms with E-state index in [-0.39, 0.29) is 11.4 Å². The van der Waals surface area contributed by atoms with Crippen molar-refractivity contribution in [2.24, 2.45) is 5.10 Å². The van der Waals surface area contributed by atoms with E-state index >= 15 is 0 Å². The van der Waals surface area contributed by atoms with E-state index in [0.717, 1.165) is 21.8 Å². The summed E-state index contributed by atoms with van der Waals surface area (Å²) in [5.74, 6) is -0.322. The molecule has 0 radical (unpaired) electrons. The number of hydrogen-bond acceptors (Lipinski definition) is 4. The predicted octanol–water partition coefficient (Wildman–Crippen LogP) is 3.19. The lowest BCUT2D eigenvalue weighted by molar-refractivity contribution is 0.0950. The van der Waals surface area contributed by atoms with Crippen LogP contribution in [0.15, 0.2) is 65.9 Å². The van der Waals surface area contributed by atoms with Crippen molar-refractivity contribution in [3.8, 4) is 5.75 Å². The molecule has 0 unspecified atom stereocenters. The Bertz CT molecular complexity index is 1110. The number of nitrogens with one attached hydrogen (secondary N) is 2. The molecule has 0 aliphatic carbocycles. The van der Waals surface area contributed by atoms with E-state index in [1.165, 1.54) is 6.21 Å². The zero-order valence-corrected chi connectivity index (χ0v) is 13.1. The number of benzene rings is 2. The SMILES string of the molecule is O=C(N/N=C\c1ccccc1O)c1cc2c(cn1)[nH]c1ccccc12. The first-order valence-corrected chi connectivity index (χ1v) is 7.70. The van der Waals surface area contributed by atoms with Crippen LogP contribution in [0, 0.1) is 0 Å². The molecule has 0 aliphatic heterocycles. The molecule has 3 N–H and O–H groups in total. The number of hydrazone groups is 1. The molecule has 122 valence electrons. The number of carbonyl (C=O) groups is 1. The first-order valence-electron chi connectivity index (χ1n) is 7.70. The van der Waals surface area contributed by atoms with Crippen molar-refractivity contribution in [1.82, 2.24) is 15.4 Å². The molecular weight excluding hydrogens is 316 g/mol. The number of phenols is 1. The van der Waals surface area contributed by atoms with Gasteiger partial charge in [0.15, 0.2) is 0 Å². The number of fused-ring (bicyclic) bond motifs is 3. The third-order valence-electron chi connectivity index (χ3n) is 3.93. The minimum Gasteiger partial charge on any atom is -0.507 e. The van der Waals surface area contributed by atoms with Crippen molar-refractivity contribution in [3.05, 3.63) is 72.1 Å². The second kappa shape index (κ2) is 6.09. The highest BCUT2D eigenvalue weighted by Gasteiger charge is 2.10. The third kappa shape index (κ3) is 2.81. The summed E-state index contributed by atoms with van der Waals surface area (Å²) in [4.78, 5) is 19.7. The average molecular weight is 330 g/mol. The quantitative estimate of drug-likeness (QED) is 0.398. The first-order chi connectivity index (χ1) is 12.2. The lowest BCUT2D eigenvalue weighted by atomic mass is 10.1. The molecule has 4 rings (SSSR count). The Morgan fingerprint density at radius 1 is 1.08 bits per heavy atom. The fourth-order valence-electron chi connectivity index (χ4n) is 2.69. The number of hydrogen-bond donors (Lipinski definition) is 3. The largest absolute Gasteiger partial charge is 0.507 e. The third-order valence-corrected chi connectivity index (χ3v) is 3.93. The number of H-pyrrole nitrogens is 1. The van der Waals surface area contributed by atoms with Gasteiger partial charge in [-0.05, 0) is 24.3 Å². The fourth-order valence-corrected chi connectivity index (χ4v) is 2.69. The van der Waals surface area contributed by atoms with Crippen molar-refractivity contribution in [2.75, 3.05) is 0 Å². The molecule has 0 saturated carbocycles. The van der Waals surface area contributed by atoms with Gasteiger partial charge in [0.2, 0.25) is 0 Å². The maximum absolute atomic E-state index is 12.3. The smallest absolute Gasteiger partial charge is 0.289 e. The molecule has 0 aliphatic rings. The van der Waals surface area contributed by atoms with E-state index in [1.807, 2.05) is 24.3 Å². The van der Waals surface area contributed by atoms with Crippen LogP contribution in [0.5, 0.6) is 5.75 Å². The Morgan fingerprint density at radius 2 is 1.88 bits per heavy atom. The molecule has 4 aromatic rings. The van der Waals surface area contributed by atoms with Crippen molar-refractivity contribution >= 4 is 33.9 Å². The standard InChI is InChI=1S/C19H14N4O2/c24-18-8-4-1-5-12(18)10-21-23-19(25)16-9-14-13-6-2-3-7-15(13)22-17(14)11-20-16/h1-11,22,24H,(H,23,25)/b21-10-. The van der Waals surface area contributed by atoms with Gasteiger partial charge < -0.3 is 10.1 Å². The summed E-state index contributed by atoms with van der Waals surface area (Å²) in [5, 5.41) is 15.5. The number of aromatic amines is 1. The van der Waals surface area contributed by atoms with Crippen LogP contribution >= 0.6 is 0 Å². The van der Waals surface area contributed by atoms with E-state index in [9.17, 15) is 9.90 Å². The molecule has 6 heteroatoms.